The van der Waals surface area contributed by atoms with Crippen molar-refractivity contribution < 1.29 is 104 Å². The van der Waals surface area contributed by atoms with Gasteiger partial charge in [0.05, 0.1) is 32.0 Å². The molecule has 0 aliphatic carbocycles. The van der Waals surface area contributed by atoms with E-state index in [0.717, 1.165) is 0 Å². The van der Waals surface area contributed by atoms with Crippen LogP contribution in [0.4, 0.5) is 0 Å². The molecule has 0 aromatic rings. The fourth-order valence-corrected chi connectivity index (χ4v) is 6.28. The van der Waals surface area contributed by atoms with Gasteiger partial charge in [0.25, 0.3) is 0 Å². The Balaban J connectivity index is 1.24. The Bertz CT molecular complexity index is 1040. The van der Waals surface area contributed by atoms with Gasteiger partial charge in [0.1, 0.15) is 91.6 Å². The summed E-state index contributed by atoms with van der Waals surface area (Å²) in [6, 6.07) is 0. The lowest BCUT2D eigenvalue weighted by Crippen LogP contribution is -2.65. The predicted octanol–water partition coefficient (Wildman–Crippen LogP) is -7.30. The van der Waals surface area contributed by atoms with Crippen molar-refractivity contribution in [3.63, 3.8) is 0 Å². The van der Waals surface area contributed by atoms with Crippen molar-refractivity contribution in [3.05, 3.63) is 0 Å². The van der Waals surface area contributed by atoms with Gasteiger partial charge in [-0.3, -0.25) is 0 Å². The number of methoxy groups -OCH3 is 1. The quantitative estimate of drug-likeness (QED) is 0.105. The van der Waals surface area contributed by atoms with Gasteiger partial charge in [-0.2, -0.15) is 0 Å². The third-order valence-corrected chi connectivity index (χ3v) is 9.27. The molecule has 5 saturated heterocycles. The lowest BCUT2D eigenvalue weighted by atomic mass is 9.98. The summed E-state index contributed by atoms with van der Waals surface area (Å²) < 4.78 is 55.8. The first-order valence-corrected chi connectivity index (χ1v) is 15.9. The normalized spacial score (nSPS) is 54.5. The van der Waals surface area contributed by atoms with Gasteiger partial charge in [-0.25, -0.2) is 0 Å². The van der Waals surface area contributed by atoms with Gasteiger partial charge in [-0.1, -0.05) is 0 Å². The summed E-state index contributed by atoms with van der Waals surface area (Å²) in [6.07, 6.45) is -32.9. The van der Waals surface area contributed by atoms with Gasteiger partial charge in [-0.15, -0.1) is 0 Å². The summed E-state index contributed by atoms with van der Waals surface area (Å²) in [4.78, 5) is 0. The summed E-state index contributed by atoms with van der Waals surface area (Å²) in [7, 11) is 1.26. The van der Waals surface area contributed by atoms with Crippen molar-refractivity contribution in [1.82, 2.24) is 0 Å². The molecule has 21 nitrogen and oxygen atoms in total. The molecule has 5 aliphatic heterocycles. The van der Waals surface area contributed by atoms with Crippen LogP contribution in [0.25, 0.3) is 0 Å². The van der Waals surface area contributed by atoms with Crippen LogP contribution >= 0.6 is 0 Å². The molecule has 0 bridgehead atoms. The number of rotatable bonds is 9. The van der Waals surface area contributed by atoms with E-state index in [1.54, 1.807) is 0 Å². The molecule has 0 spiro atoms. The van der Waals surface area contributed by atoms with Crippen LogP contribution in [0.2, 0.25) is 0 Å². The second-order valence-electron chi connectivity index (χ2n) is 12.8. The number of aliphatic hydroxyl groups excluding tert-OH is 11. The number of aliphatic hydroxyl groups is 11. The van der Waals surface area contributed by atoms with Crippen LogP contribution < -0.4 is 0 Å². The highest BCUT2D eigenvalue weighted by Crippen LogP contribution is 2.34. The highest BCUT2D eigenvalue weighted by Gasteiger charge is 2.53. The van der Waals surface area contributed by atoms with Crippen LogP contribution in [0, 0.1) is 0 Å². The van der Waals surface area contributed by atoms with Crippen molar-refractivity contribution in [3.8, 4) is 0 Å². The fourth-order valence-electron chi connectivity index (χ4n) is 6.28. The summed E-state index contributed by atoms with van der Waals surface area (Å²) in [5.41, 5.74) is 0. The lowest BCUT2D eigenvalue weighted by Gasteiger charge is -2.48. The SMILES string of the molecule is CO[C@H]1OC[C@@H](O)[C@H](O[C@@H]2O[C@@H](C)[C@H](O)[C@@H](O)[C@H]2O)[C@H]1O[C@@H]1O[C@@H](C)[C@H](O[C@@H]2OC[C@@H](O)[C@H](O[C@@H]3OC[C@@H](O)[C@H](O)[C@H]3O)[C@H]2O)[C@@H](O)[C@H]1O. The van der Waals surface area contributed by atoms with Gasteiger partial charge in [0.15, 0.2) is 31.5 Å². The highest BCUT2D eigenvalue weighted by atomic mass is 16.8. The summed E-state index contributed by atoms with van der Waals surface area (Å²) in [5.74, 6) is 0. The van der Waals surface area contributed by atoms with E-state index in [1.165, 1.54) is 21.0 Å². The third kappa shape index (κ3) is 8.22. The zero-order valence-electron chi connectivity index (χ0n) is 26.8. The average molecular weight is 721 g/mol. The van der Waals surface area contributed by atoms with E-state index in [-0.39, 0.29) is 6.61 Å². The molecule has 21 heteroatoms. The molecule has 5 fully saturated rings. The van der Waals surface area contributed by atoms with Crippen molar-refractivity contribution >= 4 is 0 Å². The Kier molecular flexibility index (Phi) is 13.2. The van der Waals surface area contributed by atoms with Gasteiger partial charge >= 0.3 is 0 Å². The smallest absolute Gasteiger partial charge is 0.187 e. The Labute approximate surface area is 279 Å². The minimum atomic E-state index is -1.84. The lowest BCUT2D eigenvalue weighted by molar-refractivity contribution is -0.387. The second-order valence-corrected chi connectivity index (χ2v) is 12.8. The number of hydrogen-bond donors (Lipinski definition) is 11. The Morgan fingerprint density at radius 2 is 0.837 bits per heavy atom. The fraction of sp³-hybridized carbons (Fsp3) is 1.00. The van der Waals surface area contributed by atoms with E-state index in [2.05, 4.69) is 0 Å². The standard InChI is InChI=1S/C28H48O21/c1-7-12(32)14(34)17(37)26(44-7)48-22-11(31)6-43-28(40-3)23(22)49-27-18(38)15(35)20(8(2)45-27)46-25-19(39)21(10(30)5-42-25)47-24-16(36)13(33)9(29)4-41-24/h7-39H,4-6H2,1-3H3/t7-,8-,9+,10+,11+,12-,13-,14+,15-,16+,17+,18+,19+,20-,21-,22-,23+,24-,25-,26-,27-,28-/m0/s1. The molecule has 0 aromatic carbocycles. The van der Waals surface area contributed by atoms with Crippen molar-refractivity contribution in [2.24, 2.45) is 0 Å². The molecule has 0 saturated carbocycles. The van der Waals surface area contributed by atoms with Gasteiger partial charge in [0.2, 0.25) is 0 Å². The molecule has 0 aromatic heterocycles. The molecule has 5 heterocycles. The van der Waals surface area contributed by atoms with Crippen LogP contribution in [-0.2, 0) is 47.4 Å². The van der Waals surface area contributed by atoms with E-state index < -0.39 is 148 Å². The molecule has 5 aliphatic rings. The van der Waals surface area contributed by atoms with Crippen molar-refractivity contribution in [1.29, 1.82) is 0 Å². The number of hydrogen-bond acceptors (Lipinski definition) is 21. The maximum Gasteiger partial charge on any atom is 0.187 e. The van der Waals surface area contributed by atoms with Gasteiger partial charge < -0.3 is 104 Å². The minimum Gasteiger partial charge on any atom is -0.388 e. The van der Waals surface area contributed by atoms with E-state index in [4.69, 9.17) is 47.4 Å². The highest BCUT2D eigenvalue weighted by molar-refractivity contribution is 4.95. The number of ether oxygens (including phenoxy) is 10. The molecule has 0 amide bonds. The molecule has 49 heavy (non-hydrogen) atoms. The molecular weight excluding hydrogens is 672 g/mol. The van der Waals surface area contributed by atoms with Crippen LogP contribution in [0.1, 0.15) is 13.8 Å². The second kappa shape index (κ2) is 16.4. The zero-order chi connectivity index (χ0) is 35.9. The minimum absolute atomic E-state index is 0.312. The molecule has 5 rings (SSSR count). The third-order valence-electron chi connectivity index (χ3n) is 9.27. The van der Waals surface area contributed by atoms with E-state index >= 15 is 0 Å². The summed E-state index contributed by atoms with van der Waals surface area (Å²) >= 11 is 0. The van der Waals surface area contributed by atoms with Crippen molar-refractivity contribution in [2.45, 2.75) is 149 Å². The first-order valence-electron chi connectivity index (χ1n) is 15.9. The van der Waals surface area contributed by atoms with Gasteiger partial charge in [-0.05, 0) is 13.8 Å². The van der Waals surface area contributed by atoms with E-state index in [9.17, 15) is 56.2 Å². The molecule has 22 atom stereocenters. The molecular formula is C28H48O21. The Morgan fingerprint density at radius 1 is 0.388 bits per heavy atom. The predicted molar refractivity (Wildman–Crippen MR) is 150 cm³/mol. The van der Waals surface area contributed by atoms with Crippen LogP contribution in [-0.4, -0.2) is 218 Å². The topological polar surface area (TPSA) is 315 Å². The monoisotopic (exact) mass is 720 g/mol. The van der Waals surface area contributed by atoms with Crippen molar-refractivity contribution in [2.75, 3.05) is 26.9 Å². The maximum atomic E-state index is 11.1. The molecule has 11 N–H and O–H groups in total. The Hall–Kier alpha value is -0.840. The van der Waals surface area contributed by atoms with Crippen LogP contribution in [0.5, 0.6) is 0 Å². The largest absolute Gasteiger partial charge is 0.388 e. The average Bonchev–Trinajstić information content (AvgIpc) is 3.07. The first kappa shape index (κ1) is 39.4. The van der Waals surface area contributed by atoms with Crippen LogP contribution in [0.15, 0.2) is 0 Å². The Morgan fingerprint density at radius 3 is 1.47 bits per heavy atom. The summed E-state index contributed by atoms with van der Waals surface area (Å²) in [5, 5.41) is 115. The summed E-state index contributed by atoms with van der Waals surface area (Å²) in [6.45, 7) is 1.74. The van der Waals surface area contributed by atoms with E-state index in [1.807, 2.05) is 0 Å². The first-order chi connectivity index (χ1) is 23.1. The molecule has 286 valence electrons. The molecule has 0 radical (unpaired) electrons. The van der Waals surface area contributed by atoms with Crippen LogP contribution in [0.3, 0.4) is 0 Å². The van der Waals surface area contributed by atoms with Gasteiger partial charge in [0, 0.05) is 7.11 Å². The van der Waals surface area contributed by atoms with E-state index in [0.29, 0.717) is 0 Å². The zero-order valence-corrected chi connectivity index (χ0v) is 26.8. The molecule has 0 unspecified atom stereocenters. The maximum absolute atomic E-state index is 11.1.